The van der Waals surface area contributed by atoms with Crippen LogP contribution in [0.5, 0.6) is 0 Å². The van der Waals surface area contributed by atoms with Crippen LogP contribution in [0.25, 0.3) is 0 Å². The van der Waals surface area contributed by atoms with Crippen molar-refractivity contribution in [2.75, 3.05) is 0 Å². The van der Waals surface area contributed by atoms with E-state index in [-0.39, 0.29) is 12.5 Å². The monoisotopic (exact) mass is 414 g/mol. The smallest absolute Gasteiger partial charge is 0.301 e. The number of hydrogen-bond donors (Lipinski definition) is 0. The summed E-state index contributed by atoms with van der Waals surface area (Å²) in [5, 5.41) is 0. The molecule has 0 N–H and O–H groups in total. The summed E-state index contributed by atoms with van der Waals surface area (Å²) < 4.78 is 169. The van der Waals surface area contributed by atoms with E-state index in [1.165, 1.54) is 0 Å². The Bertz CT molecular complexity index is 585. The fraction of sp³-hybridized carbons (Fsp3) is 0.727. The summed E-state index contributed by atoms with van der Waals surface area (Å²) in [5.41, 5.74) is 0. The van der Waals surface area contributed by atoms with Crippen molar-refractivity contribution in [3.8, 4) is 0 Å². The fourth-order valence-corrected chi connectivity index (χ4v) is 1.66. The Hall–Kier alpha value is -1.70. The molecule has 0 aromatic carbocycles. The minimum Gasteiger partial charge on any atom is -0.301 e. The highest BCUT2D eigenvalue weighted by atomic mass is 19.4. The first-order valence-corrected chi connectivity index (χ1v) is 6.22. The first-order valence-electron chi connectivity index (χ1n) is 6.22. The van der Waals surface area contributed by atoms with Gasteiger partial charge >= 0.3 is 23.7 Å². The summed E-state index contributed by atoms with van der Waals surface area (Å²) in [5.74, 6) is -28.4. The molecule has 1 aromatic heterocycles. The Morgan fingerprint density at radius 3 is 1.58 bits per heavy atom. The molecule has 0 radical (unpaired) electrons. The number of halogens is 13. The average molecular weight is 414 g/mol. The number of rotatable bonds is 8. The summed E-state index contributed by atoms with van der Waals surface area (Å²) in [7, 11) is 0. The Morgan fingerprint density at radius 1 is 0.731 bits per heavy atom. The van der Waals surface area contributed by atoms with E-state index in [4.69, 9.17) is 0 Å². The summed E-state index contributed by atoms with van der Waals surface area (Å²) >= 11 is 0. The molecule has 3 unspecified atom stereocenters. The standard InChI is InChI=1S/C11H7F13N2/c12-4(6(14)15)5(13)8(17,18)10(21,22)11(23,24)9(19,20)7(16)26-2-1-25-3-26/h1-7H. The van der Waals surface area contributed by atoms with Crippen molar-refractivity contribution in [1.29, 1.82) is 0 Å². The molecule has 0 aliphatic rings. The first kappa shape index (κ1) is 22.3. The van der Waals surface area contributed by atoms with E-state index >= 15 is 0 Å². The molecule has 15 heteroatoms. The maximum absolute atomic E-state index is 13.5. The molecular formula is C11H7F13N2. The molecule has 0 saturated heterocycles. The highest BCUT2D eigenvalue weighted by Crippen LogP contribution is 2.57. The lowest BCUT2D eigenvalue weighted by Crippen LogP contribution is -2.67. The Labute approximate surface area is 135 Å². The molecule has 0 amide bonds. The number of imidazole rings is 1. The molecule has 0 bridgehead atoms. The number of alkyl halides is 13. The molecule has 0 aliphatic carbocycles. The predicted octanol–water partition coefficient (Wildman–Crippen LogP) is 4.83. The lowest BCUT2D eigenvalue weighted by Gasteiger charge is -2.39. The quantitative estimate of drug-likeness (QED) is 0.558. The van der Waals surface area contributed by atoms with Crippen molar-refractivity contribution >= 4 is 0 Å². The van der Waals surface area contributed by atoms with Crippen molar-refractivity contribution in [1.82, 2.24) is 9.55 Å². The van der Waals surface area contributed by atoms with Crippen LogP contribution in [0.1, 0.15) is 6.30 Å². The van der Waals surface area contributed by atoms with Crippen molar-refractivity contribution in [2.45, 2.75) is 48.8 Å². The fourth-order valence-electron chi connectivity index (χ4n) is 1.66. The van der Waals surface area contributed by atoms with E-state index in [0.29, 0.717) is 6.20 Å². The van der Waals surface area contributed by atoms with Gasteiger partial charge in [-0.15, -0.1) is 0 Å². The molecule has 1 rings (SSSR count). The average Bonchev–Trinajstić information content (AvgIpc) is 3.05. The maximum Gasteiger partial charge on any atom is 0.383 e. The first-order chi connectivity index (χ1) is 11.5. The second kappa shape index (κ2) is 6.79. The van der Waals surface area contributed by atoms with Crippen molar-refractivity contribution in [3.63, 3.8) is 0 Å². The summed E-state index contributed by atoms with van der Waals surface area (Å²) in [6, 6.07) is 0. The van der Waals surface area contributed by atoms with Crippen LogP contribution in [-0.2, 0) is 0 Å². The highest BCUT2D eigenvalue weighted by molar-refractivity contribution is 5.09. The molecule has 0 fully saturated rings. The number of hydrogen-bond acceptors (Lipinski definition) is 1. The molecule has 0 aliphatic heterocycles. The van der Waals surface area contributed by atoms with E-state index < -0.39 is 53.3 Å². The van der Waals surface area contributed by atoms with Gasteiger partial charge in [-0.2, -0.15) is 35.1 Å². The normalized spacial score (nSPS) is 18.1. The minimum atomic E-state index is -7.45. The zero-order chi connectivity index (χ0) is 20.7. The second-order valence-electron chi connectivity index (χ2n) is 4.92. The Kier molecular flexibility index (Phi) is 5.84. The van der Waals surface area contributed by atoms with Gasteiger partial charge in [0.15, 0.2) is 6.17 Å². The highest BCUT2D eigenvalue weighted by Gasteiger charge is 2.85. The zero-order valence-electron chi connectivity index (χ0n) is 11.8. The van der Waals surface area contributed by atoms with E-state index in [1.54, 1.807) is 0 Å². The van der Waals surface area contributed by atoms with Gasteiger partial charge in [-0.3, -0.25) is 0 Å². The van der Waals surface area contributed by atoms with E-state index in [1.807, 2.05) is 0 Å². The van der Waals surface area contributed by atoms with E-state index in [9.17, 15) is 57.1 Å². The molecule has 3 atom stereocenters. The molecule has 0 saturated carbocycles. The van der Waals surface area contributed by atoms with Gasteiger partial charge in [-0.25, -0.2) is 26.9 Å². The van der Waals surface area contributed by atoms with E-state index in [0.717, 1.165) is 0 Å². The summed E-state index contributed by atoms with van der Waals surface area (Å²) in [4.78, 5) is 2.94. The maximum atomic E-state index is 13.5. The summed E-state index contributed by atoms with van der Waals surface area (Å²) in [6.45, 7) is 0. The topological polar surface area (TPSA) is 17.8 Å². The molecule has 1 aromatic rings. The van der Waals surface area contributed by atoms with E-state index in [2.05, 4.69) is 4.98 Å². The van der Waals surface area contributed by atoms with Crippen molar-refractivity contribution in [3.05, 3.63) is 18.7 Å². The minimum absolute atomic E-state index is 0.108. The van der Waals surface area contributed by atoms with Crippen LogP contribution in [0.2, 0.25) is 0 Å². The molecular weight excluding hydrogens is 407 g/mol. The molecule has 2 nitrogen and oxygen atoms in total. The van der Waals surface area contributed by atoms with Crippen LogP contribution in [0.3, 0.4) is 0 Å². The Balaban J connectivity index is 3.33. The van der Waals surface area contributed by atoms with Gasteiger partial charge in [0.25, 0.3) is 6.43 Å². The van der Waals surface area contributed by atoms with Gasteiger partial charge in [0, 0.05) is 12.4 Å². The molecule has 0 spiro atoms. The Morgan fingerprint density at radius 2 is 1.19 bits per heavy atom. The van der Waals surface area contributed by atoms with Crippen LogP contribution in [0.4, 0.5) is 57.1 Å². The van der Waals surface area contributed by atoms with Crippen molar-refractivity contribution in [2.24, 2.45) is 0 Å². The second-order valence-corrected chi connectivity index (χ2v) is 4.92. The number of nitrogens with zero attached hydrogens (tertiary/aromatic N) is 2. The van der Waals surface area contributed by atoms with Crippen LogP contribution in [0, 0.1) is 0 Å². The van der Waals surface area contributed by atoms with Gasteiger partial charge in [-0.1, -0.05) is 0 Å². The van der Waals surface area contributed by atoms with Gasteiger partial charge in [0.2, 0.25) is 12.5 Å². The van der Waals surface area contributed by atoms with Gasteiger partial charge in [0.05, 0.1) is 6.33 Å². The largest absolute Gasteiger partial charge is 0.383 e. The van der Waals surface area contributed by atoms with Crippen LogP contribution in [-0.4, -0.2) is 52.0 Å². The van der Waals surface area contributed by atoms with Gasteiger partial charge < -0.3 is 4.57 Å². The lowest BCUT2D eigenvalue weighted by molar-refractivity contribution is -0.392. The predicted molar refractivity (Wildman–Crippen MR) is 58.0 cm³/mol. The van der Waals surface area contributed by atoms with Crippen molar-refractivity contribution < 1.29 is 57.1 Å². The summed E-state index contributed by atoms with van der Waals surface area (Å²) in [6.07, 6.45) is -18.1. The molecule has 1 heterocycles. The lowest BCUT2D eigenvalue weighted by atomic mass is 9.93. The molecule has 152 valence electrons. The van der Waals surface area contributed by atoms with Gasteiger partial charge in [0.1, 0.15) is 0 Å². The van der Waals surface area contributed by atoms with Crippen LogP contribution in [0.15, 0.2) is 18.7 Å². The third-order valence-electron chi connectivity index (χ3n) is 3.18. The third kappa shape index (κ3) is 3.19. The number of aromatic nitrogens is 2. The van der Waals surface area contributed by atoms with Gasteiger partial charge in [-0.05, 0) is 0 Å². The van der Waals surface area contributed by atoms with Crippen LogP contribution < -0.4 is 0 Å². The zero-order valence-corrected chi connectivity index (χ0v) is 11.8. The SMILES string of the molecule is FC(F)C(F)C(F)C(F)(F)C(F)(F)C(F)(F)C(F)(F)C(F)n1ccnc1. The molecule has 26 heavy (non-hydrogen) atoms. The third-order valence-corrected chi connectivity index (χ3v) is 3.18. The van der Waals surface area contributed by atoms with Crippen LogP contribution >= 0.6 is 0 Å².